The fourth-order valence-corrected chi connectivity index (χ4v) is 3.75. The molecular weight excluding hydrogens is 352 g/mol. The molecule has 0 radical (unpaired) electrons. The number of thiophene rings is 1. The minimum Gasteiger partial charge on any atom is -0.491 e. The summed E-state index contributed by atoms with van der Waals surface area (Å²) in [5.74, 6) is 0.585. The zero-order chi connectivity index (χ0) is 18.8. The molecule has 134 valence electrons. The van der Waals surface area contributed by atoms with Crippen LogP contribution in [0.3, 0.4) is 0 Å². The monoisotopic (exact) mass is 370 g/mol. The molecule has 3 rings (SSSR count). The Kier molecular flexibility index (Phi) is 4.95. The third-order valence-corrected chi connectivity index (χ3v) is 4.97. The molecule has 1 aromatic heterocycles. The topological polar surface area (TPSA) is 61.8 Å². The van der Waals surface area contributed by atoms with Crippen LogP contribution < -0.4 is 14.2 Å². The predicted molar refractivity (Wildman–Crippen MR) is 102 cm³/mol. The molecule has 0 fully saturated rings. The van der Waals surface area contributed by atoms with Crippen molar-refractivity contribution in [2.45, 2.75) is 20.3 Å². The van der Waals surface area contributed by atoms with Crippen molar-refractivity contribution in [3.8, 4) is 17.2 Å². The van der Waals surface area contributed by atoms with Gasteiger partial charge in [-0.05, 0) is 37.3 Å². The van der Waals surface area contributed by atoms with Crippen molar-refractivity contribution in [1.82, 2.24) is 0 Å². The van der Waals surface area contributed by atoms with Crippen molar-refractivity contribution in [2.24, 2.45) is 0 Å². The highest BCUT2D eigenvalue weighted by molar-refractivity contribution is 7.26. The fourth-order valence-electron chi connectivity index (χ4n) is 2.50. The van der Waals surface area contributed by atoms with Crippen LogP contribution in [0, 0.1) is 0 Å². The molecule has 26 heavy (non-hydrogen) atoms. The second kappa shape index (κ2) is 7.17. The van der Waals surface area contributed by atoms with Gasteiger partial charge < -0.3 is 14.2 Å². The summed E-state index contributed by atoms with van der Waals surface area (Å²) in [4.78, 5) is 23.3. The summed E-state index contributed by atoms with van der Waals surface area (Å²) < 4.78 is 17.9. The predicted octanol–water partition coefficient (Wildman–Crippen LogP) is 4.86. The van der Waals surface area contributed by atoms with Crippen LogP contribution in [0.5, 0.6) is 17.2 Å². The lowest BCUT2D eigenvalue weighted by Crippen LogP contribution is -2.07. The van der Waals surface area contributed by atoms with E-state index in [4.69, 9.17) is 14.2 Å². The summed E-state index contributed by atoms with van der Waals surface area (Å²) in [6.45, 7) is 6.92. The summed E-state index contributed by atoms with van der Waals surface area (Å²) in [6, 6.07) is 9.07. The fraction of sp³-hybridized carbons (Fsp3) is 0.200. The number of ether oxygens (including phenoxy) is 3. The average Bonchev–Trinajstić information content (AvgIpc) is 2.98. The molecular formula is C20H18O5S. The Balaban J connectivity index is 2.09. The molecule has 2 aromatic carbocycles. The molecule has 0 saturated carbocycles. The Morgan fingerprint density at radius 3 is 2.50 bits per heavy atom. The van der Waals surface area contributed by atoms with Gasteiger partial charge in [-0.1, -0.05) is 13.5 Å². The van der Waals surface area contributed by atoms with Gasteiger partial charge in [0.05, 0.1) is 11.8 Å². The van der Waals surface area contributed by atoms with Crippen LogP contribution in [-0.2, 0) is 9.59 Å². The van der Waals surface area contributed by atoms with Crippen LogP contribution in [0.25, 0.3) is 20.2 Å². The Morgan fingerprint density at radius 1 is 1.12 bits per heavy atom. The highest BCUT2D eigenvalue weighted by atomic mass is 32.1. The summed E-state index contributed by atoms with van der Waals surface area (Å²) >= 11 is 1.48. The third-order valence-electron chi connectivity index (χ3n) is 3.81. The van der Waals surface area contributed by atoms with E-state index in [1.807, 2.05) is 12.1 Å². The highest BCUT2D eigenvalue weighted by Gasteiger charge is 2.17. The van der Waals surface area contributed by atoms with Gasteiger partial charge in [0, 0.05) is 27.5 Å². The molecule has 5 nitrogen and oxygen atoms in total. The molecule has 0 aliphatic heterocycles. The van der Waals surface area contributed by atoms with E-state index < -0.39 is 5.97 Å². The van der Waals surface area contributed by atoms with Crippen LogP contribution >= 0.6 is 11.3 Å². The zero-order valence-corrected chi connectivity index (χ0v) is 15.6. The summed E-state index contributed by atoms with van der Waals surface area (Å²) in [6.07, 6.45) is 0.283. The number of benzene rings is 2. The number of carbonyl (C=O) groups is 2. The van der Waals surface area contributed by atoms with Gasteiger partial charge in [-0.2, -0.15) is 0 Å². The summed E-state index contributed by atoms with van der Waals surface area (Å²) in [5, 5.41) is 1.99. The van der Waals surface area contributed by atoms with Crippen molar-refractivity contribution >= 4 is 43.4 Å². The number of methoxy groups -OCH3 is 1. The molecule has 0 spiro atoms. The minimum absolute atomic E-state index is 0.283. The van der Waals surface area contributed by atoms with E-state index in [1.165, 1.54) is 11.3 Å². The Hall–Kier alpha value is -2.86. The number of fused-ring (bicyclic) bond motifs is 3. The van der Waals surface area contributed by atoms with Crippen molar-refractivity contribution < 1.29 is 23.8 Å². The van der Waals surface area contributed by atoms with Crippen LogP contribution in [0.4, 0.5) is 0 Å². The molecule has 0 N–H and O–H groups in total. The summed E-state index contributed by atoms with van der Waals surface area (Å²) in [5.41, 5.74) is 0.338. The van der Waals surface area contributed by atoms with Gasteiger partial charge in [-0.15, -0.1) is 11.3 Å². The van der Waals surface area contributed by atoms with E-state index in [1.54, 1.807) is 39.2 Å². The molecule has 0 amide bonds. The quantitative estimate of drug-likeness (QED) is 0.365. The van der Waals surface area contributed by atoms with Crippen LogP contribution in [0.1, 0.15) is 20.3 Å². The summed E-state index contributed by atoms with van der Waals surface area (Å²) in [7, 11) is 1.54. The Bertz CT molecular complexity index is 1030. The average molecular weight is 370 g/mol. The molecule has 0 bridgehead atoms. The first-order valence-corrected chi connectivity index (χ1v) is 8.87. The van der Waals surface area contributed by atoms with Gasteiger partial charge >= 0.3 is 11.9 Å². The lowest BCUT2D eigenvalue weighted by Gasteiger charge is -2.09. The molecule has 3 aromatic rings. The normalized spacial score (nSPS) is 10.7. The van der Waals surface area contributed by atoms with E-state index in [9.17, 15) is 9.59 Å². The Morgan fingerprint density at radius 2 is 1.85 bits per heavy atom. The van der Waals surface area contributed by atoms with E-state index in [0.717, 1.165) is 20.2 Å². The molecule has 1 heterocycles. The highest BCUT2D eigenvalue weighted by Crippen LogP contribution is 2.45. The van der Waals surface area contributed by atoms with Crippen LogP contribution in [0.2, 0.25) is 0 Å². The second-order valence-corrected chi connectivity index (χ2v) is 6.78. The van der Waals surface area contributed by atoms with Crippen molar-refractivity contribution in [2.75, 3.05) is 7.11 Å². The first-order chi connectivity index (χ1) is 12.4. The molecule has 6 heteroatoms. The third kappa shape index (κ3) is 3.28. The van der Waals surface area contributed by atoms with Gasteiger partial charge in [0.2, 0.25) is 0 Å². The van der Waals surface area contributed by atoms with E-state index in [2.05, 4.69) is 6.58 Å². The molecule has 0 saturated heterocycles. The van der Waals surface area contributed by atoms with Gasteiger partial charge in [0.25, 0.3) is 0 Å². The number of carbonyl (C=O) groups excluding carboxylic acids is 2. The molecule has 0 atom stereocenters. The maximum atomic E-state index is 11.7. The number of hydrogen-bond acceptors (Lipinski definition) is 6. The van der Waals surface area contributed by atoms with E-state index in [0.29, 0.717) is 22.8 Å². The van der Waals surface area contributed by atoms with Crippen LogP contribution in [0.15, 0.2) is 42.5 Å². The first kappa shape index (κ1) is 17.9. The number of esters is 2. The van der Waals surface area contributed by atoms with Gasteiger partial charge in [0.15, 0.2) is 11.5 Å². The smallest absolute Gasteiger partial charge is 0.338 e. The van der Waals surface area contributed by atoms with Gasteiger partial charge in [0.1, 0.15) is 5.75 Å². The second-order valence-electron chi connectivity index (χ2n) is 5.73. The molecule has 0 aliphatic carbocycles. The van der Waals surface area contributed by atoms with Crippen molar-refractivity contribution in [1.29, 1.82) is 0 Å². The largest absolute Gasteiger partial charge is 0.491 e. The first-order valence-electron chi connectivity index (χ1n) is 8.06. The number of hydrogen-bond donors (Lipinski definition) is 0. The van der Waals surface area contributed by atoms with E-state index in [-0.39, 0.29) is 12.4 Å². The zero-order valence-electron chi connectivity index (χ0n) is 14.8. The Labute approximate surface area is 154 Å². The van der Waals surface area contributed by atoms with Crippen LogP contribution in [-0.4, -0.2) is 19.0 Å². The van der Waals surface area contributed by atoms with Gasteiger partial charge in [-0.25, -0.2) is 4.79 Å². The molecule has 0 aliphatic rings. The van der Waals surface area contributed by atoms with E-state index >= 15 is 0 Å². The standard InChI is InChI=1S/C20H18O5S/c1-5-17(21)25-15-9-8-14-13-7-6-12(24-20(22)11(2)3)10-16(13)26-19(14)18(15)23-4/h6-10H,2,5H2,1,3-4H3. The van der Waals surface area contributed by atoms with Crippen molar-refractivity contribution in [3.05, 3.63) is 42.5 Å². The lowest BCUT2D eigenvalue weighted by atomic mass is 10.1. The lowest BCUT2D eigenvalue weighted by molar-refractivity contribution is -0.134. The molecule has 0 unspecified atom stereocenters. The minimum atomic E-state index is -0.461. The van der Waals surface area contributed by atoms with Crippen molar-refractivity contribution in [3.63, 3.8) is 0 Å². The number of rotatable bonds is 5. The van der Waals surface area contributed by atoms with Gasteiger partial charge in [-0.3, -0.25) is 4.79 Å². The maximum Gasteiger partial charge on any atom is 0.338 e. The maximum absolute atomic E-state index is 11.7. The SMILES string of the molecule is C=C(C)C(=O)Oc1ccc2c(c1)sc1c(OC)c(OC(=O)CC)ccc12.